The van der Waals surface area contributed by atoms with Crippen LogP contribution in [0.4, 0.5) is 0 Å². The standard InChI is InChI=1S/C16H14ClN3S/c17-12-6-5-11(7-8-18)15(9-12)21-16-13-3-1-2-4-14(13)19-10-20-16/h1-6,9-10H,7-8,18H2. The third kappa shape index (κ3) is 3.18. The van der Waals surface area contributed by atoms with E-state index in [0.717, 1.165) is 32.3 Å². The molecule has 0 fully saturated rings. The molecule has 106 valence electrons. The quantitative estimate of drug-likeness (QED) is 0.741. The van der Waals surface area contributed by atoms with E-state index in [4.69, 9.17) is 17.3 Å². The van der Waals surface area contributed by atoms with Crippen LogP contribution in [0, 0.1) is 0 Å². The Hall–Kier alpha value is -1.62. The molecular weight excluding hydrogens is 302 g/mol. The Morgan fingerprint density at radius 1 is 1.10 bits per heavy atom. The molecule has 0 aliphatic heterocycles. The largest absolute Gasteiger partial charge is 0.330 e. The summed E-state index contributed by atoms with van der Waals surface area (Å²) >= 11 is 7.73. The van der Waals surface area contributed by atoms with E-state index in [9.17, 15) is 0 Å². The second kappa shape index (κ2) is 6.43. The summed E-state index contributed by atoms with van der Waals surface area (Å²) in [6.07, 6.45) is 2.42. The van der Waals surface area contributed by atoms with Crippen LogP contribution in [0.25, 0.3) is 10.9 Å². The highest BCUT2D eigenvalue weighted by Crippen LogP contribution is 2.34. The number of nitrogens with zero attached hydrogens (tertiary/aromatic N) is 2. The predicted molar refractivity (Wildman–Crippen MR) is 87.9 cm³/mol. The first-order valence-electron chi connectivity index (χ1n) is 6.64. The molecule has 0 aliphatic rings. The summed E-state index contributed by atoms with van der Waals surface area (Å²) in [4.78, 5) is 9.79. The number of halogens is 1. The number of fused-ring (bicyclic) bond motifs is 1. The maximum atomic E-state index is 6.12. The Labute approximate surface area is 132 Å². The van der Waals surface area contributed by atoms with Gasteiger partial charge in [-0.3, -0.25) is 0 Å². The van der Waals surface area contributed by atoms with Gasteiger partial charge in [0.25, 0.3) is 0 Å². The lowest BCUT2D eigenvalue weighted by atomic mass is 10.1. The minimum atomic E-state index is 0.611. The third-order valence-corrected chi connectivity index (χ3v) is 4.51. The van der Waals surface area contributed by atoms with Gasteiger partial charge in [0.05, 0.1) is 5.52 Å². The van der Waals surface area contributed by atoms with Crippen LogP contribution >= 0.6 is 23.4 Å². The number of hydrogen-bond acceptors (Lipinski definition) is 4. The van der Waals surface area contributed by atoms with Gasteiger partial charge < -0.3 is 5.73 Å². The van der Waals surface area contributed by atoms with Crippen LogP contribution < -0.4 is 5.73 Å². The van der Waals surface area contributed by atoms with Gasteiger partial charge in [-0.25, -0.2) is 9.97 Å². The van der Waals surface area contributed by atoms with Crippen LogP contribution in [0.2, 0.25) is 5.02 Å². The molecule has 1 aromatic heterocycles. The zero-order valence-electron chi connectivity index (χ0n) is 11.3. The summed E-state index contributed by atoms with van der Waals surface area (Å²) in [5.41, 5.74) is 7.82. The fraction of sp³-hybridized carbons (Fsp3) is 0.125. The van der Waals surface area contributed by atoms with E-state index in [0.29, 0.717) is 6.54 Å². The van der Waals surface area contributed by atoms with Crippen LogP contribution in [0.15, 0.2) is 58.7 Å². The van der Waals surface area contributed by atoms with Gasteiger partial charge in [-0.15, -0.1) is 0 Å². The van der Waals surface area contributed by atoms with Crippen LogP contribution in [-0.2, 0) is 6.42 Å². The van der Waals surface area contributed by atoms with Crippen LogP contribution in [0.5, 0.6) is 0 Å². The first-order chi connectivity index (χ1) is 10.3. The van der Waals surface area contributed by atoms with E-state index in [1.54, 1.807) is 18.1 Å². The van der Waals surface area contributed by atoms with Crippen molar-refractivity contribution >= 4 is 34.3 Å². The monoisotopic (exact) mass is 315 g/mol. The average Bonchev–Trinajstić information content (AvgIpc) is 2.50. The number of para-hydroxylation sites is 1. The van der Waals surface area contributed by atoms with Crippen LogP contribution in [0.3, 0.4) is 0 Å². The molecule has 3 nitrogen and oxygen atoms in total. The third-order valence-electron chi connectivity index (χ3n) is 3.16. The van der Waals surface area contributed by atoms with Crippen LogP contribution in [0.1, 0.15) is 5.56 Å². The van der Waals surface area contributed by atoms with Crippen molar-refractivity contribution in [3.63, 3.8) is 0 Å². The first-order valence-corrected chi connectivity index (χ1v) is 7.83. The molecule has 2 aromatic carbocycles. The molecule has 2 N–H and O–H groups in total. The molecular formula is C16H14ClN3S. The highest BCUT2D eigenvalue weighted by molar-refractivity contribution is 7.99. The van der Waals surface area contributed by atoms with Gasteiger partial charge in [0.15, 0.2) is 0 Å². The van der Waals surface area contributed by atoms with Gasteiger partial charge >= 0.3 is 0 Å². The summed E-state index contributed by atoms with van der Waals surface area (Å²) in [5, 5.41) is 2.70. The lowest BCUT2D eigenvalue weighted by Gasteiger charge is -2.10. The van der Waals surface area contributed by atoms with Gasteiger partial charge in [-0.2, -0.15) is 0 Å². The molecule has 0 aliphatic carbocycles. The minimum Gasteiger partial charge on any atom is -0.330 e. The lowest BCUT2D eigenvalue weighted by molar-refractivity contribution is 0.943. The highest BCUT2D eigenvalue weighted by atomic mass is 35.5. The molecule has 3 aromatic rings. The van der Waals surface area contributed by atoms with Crippen molar-refractivity contribution in [2.24, 2.45) is 5.73 Å². The van der Waals surface area contributed by atoms with E-state index in [-0.39, 0.29) is 0 Å². The molecule has 0 atom stereocenters. The van der Waals surface area contributed by atoms with Gasteiger partial charge in [0.2, 0.25) is 0 Å². The number of rotatable bonds is 4. The average molecular weight is 316 g/mol. The molecule has 0 amide bonds. The Morgan fingerprint density at radius 3 is 2.81 bits per heavy atom. The number of hydrogen-bond donors (Lipinski definition) is 1. The maximum Gasteiger partial charge on any atom is 0.117 e. The Balaban J connectivity index is 2.04. The molecule has 0 bridgehead atoms. The smallest absolute Gasteiger partial charge is 0.117 e. The van der Waals surface area contributed by atoms with E-state index >= 15 is 0 Å². The van der Waals surface area contributed by atoms with Crippen molar-refractivity contribution in [1.29, 1.82) is 0 Å². The zero-order valence-corrected chi connectivity index (χ0v) is 12.9. The van der Waals surface area contributed by atoms with E-state index in [1.807, 2.05) is 42.5 Å². The van der Waals surface area contributed by atoms with Crippen LogP contribution in [-0.4, -0.2) is 16.5 Å². The fourth-order valence-corrected chi connectivity index (χ4v) is 3.47. The zero-order chi connectivity index (χ0) is 14.7. The number of aromatic nitrogens is 2. The highest BCUT2D eigenvalue weighted by Gasteiger charge is 2.09. The van der Waals surface area contributed by atoms with Crippen molar-refractivity contribution in [2.45, 2.75) is 16.3 Å². The summed E-state index contributed by atoms with van der Waals surface area (Å²) in [5.74, 6) is 0. The van der Waals surface area contributed by atoms with Crippen molar-refractivity contribution < 1.29 is 0 Å². The van der Waals surface area contributed by atoms with Crippen molar-refractivity contribution in [3.8, 4) is 0 Å². The number of nitrogens with two attached hydrogens (primary N) is 1. The van der Waals surface area contributed by atoms with Crippen molar-refractivity contribution in [1.82, 2.24) is 9.97 Å². The molecule has 21 heavy (non-hydrogen) atoms. The van der Waals surface area contributed by atoms with E-state index in [1.165, 1.54) is 5.56 Å². The Bertz CT molecular complexity index is 771. The van der Waals surface area contributed by atoms with Gasteiger partial charge in [-0.05, 0) is 36.7 Å². The summed E-state index contributed by atoms with van der Waals surface area (Å²) in [6, 6.07) is 13.9. The molecule has 1 heterocycles. The second-order valence-corrected chi connectivity index (χ2v) is 6.06. The topological polar surface area (TPSA) is 51.8 Å². The SMILES string of the molecule is NCCc1ccc(Cl)cc1Sc1ncnc2ccccc12. The summed E-state index contributed by atoms with van der Waals surface area (Å²) in [7, 11) is 0. The molecule has 0 unspecified atom stereocenters. The van der Waals surface area contributed by atoms with E-state index in [2.05, 4.69) is 9.97 Å². The Morgan fingerprint density at radius 2 is 1.95 bits per heavy atom. The predicted octanol–water partition coefficient (Wildman–Crippen LogP) is 3.94. The molecule has 0 saturated heterocycles. The molecule has 5 heteroatoms. The lowest BCUT2D eigenvalue weighted by Crippen LogP contribution is -2.03. The van der Waals surface area contributed by atoms with Crippen molar-refractivity contribution in [2.75, 3.05) is 6.54 Å². The van der Waals surface area contributed by atoms with Gasteiger partial charge in [0.1, 0.15) is 11.4 Å². The summed E-state index contributed by atoms with van der Waals surface area (Å²) in [6.45, 7) is 0.611. The van der Waals surface area contributed by atoms with E-state index < -0.39 is 0 Å². The molecule has 0 saturated carbocycles. The second-order valence-electron chi connectivity index (χ2n) is 4.59. The first kappa shape index (κ1) is 14.3. The van der Waals surface area contributed by atoms with Gasteiger partial charge in [-0.1, -0.05) is 47.6 Å². The van der Waals surface area contributed by atoms with Gasteiger partial charge in [0, 0.05) is 15.3 Å². The molecule has 0 radical (unpaired) electrons. The fourth-order valence-electron chi connectivity index (χ4n) is 2.15. The maximum absolute atomic E-state index is 6.12. The van der Waals surface area contributed by atoms with Crippen molar-refractivity contribution in [3.05, 3.63) is 59.4 Å². The Kier molecular flexibility index (Phi) is 4.39. The normalized spacial score (nSPS) is 11.0. The molecule has 0 spiro atoms. The summed E-state index contributed by atoms with van der Waals surface area (Å²) < 4.78 is 0. The molecule has 3 rings (SSSR count). The number of benzene rings is 2. The minimum absolute atomic E-state index is 0.611.